The minimum absolute atomic E-state index is 0.627. The number of benzene rings is 8. The number of nitrogens with zero attached hydrogens (tertiary/aromatic N) is 5. The first-order valence-electron chi connectivity index (χ1n) is 19.3. The van der Waals surface area contributed by atoms with Gasteiger partial charge in [-0.05, 0) is 39.6 Å². The van der Waals surface area contributed by atoms with Crippen LogP contribution in [0.2, 0.25) is 0 Å². The van der Waals surface area contributed by atoms with E-state index < -0.39 is 0 Å². The smallest absolute Gasteiger partial charge is 0.164 e. The van der Waals surface area contributed by atoms with E-state index in [1.165, 1.54) is 0 Å². The maximum atomic E-state index is 5.10. The molecule has 10 aromatic rings. The Bertz CT molecular complexity index is 2890. The van der Waals surface area contributed by atoms with Crippen LogP contribution in [0.1, 0.15) is 0 Å². The van der Waals surface area contributed by atoms with Crippen LogP contribution in [-0.4, -0.2) is 24.9 Å². The third-order valence-electron chi connectivity index (χ3n) is 10.4. The number of hydrogen-bond donors (Lipinski definition) is 0. The molecule has 5 nitrogen and oxygen atoms in total. The van der Waals surface area contributed by atoms with Crippen LogP contribution >= 0.6 is 0 Å². The summed E-state index contributed by atoms with van der Waals surface area (Å²) in [5, 5.41) is 2.28. The van der Waals surface area contributed by atoms with Crippen molar-refractivity contribution in [1.82, 2.24) is 24.9 Å². The standard InChI is InChI=1S/C53H35N5/c1-5-16-39(17-6-1)47-35-48(40-18-7-2-8-19-40)55-50(54-47)44-31-27-37(28-32-44)36-25-29-41(30-26-36)49-45-24-14-13-15-38(45)33-34-46(49)53-57-51(42-20-9-3-10-21-42)56-52(58-53)43-22-11-4-12-23-43/h1-35H. The lowest BCUT2D eigenvalue weighted by Crippen LogP contribution is -2.01. The highest BCUT2D eigenvalue weighted by Crippen LogP contribution is 2.39. The Morgan fingerprint density at radius 1 is 0.241 bits per heavy atom. The number of fused-ring (bicyclic) bond motifs is 1. The predicted molar refractivity (Wildman–Crippen MR) is 236 cm³/mol. The third-order valence-corrected chi connectivity index (χ3v) is 10.4. The Hall–Kier alpha value is -7.89. The normalized spacial score (nSPS) is 11.1. The van der Waals surface area contributed by atoms with Gasteiger partial charge in [0.15, 0.2) is 23.3 Å². The van der Waals surface area contributed by atoms with E-state index in [1.54, 1.807) is 0 Å². The van der Waals surface area contributed by atoms with Gasteiger partial charge < -0.3 is 0 Å². The molecular weight excluding hydrogens is 707 g/mol. The summed E-state index contributed by atoms with van der Waals surface area (Å²) in [6, 6.07) is 72.9. The largest absolute Gasteiger partial charge is 0.228 e. The second-order valence-corrected chi connectivity index (χ2v) is 14.1. The van der Waals surface area contributed by atoms with Crippen molar-refractivity contribution in [1.29, 1.82) is 0 Å². The summed E-state index contributed by atoms with van der Waals surface area (Å²) in [6.45, 7) is 0. The molecule has 2 heterocycles. The molecule has 5 heteroatoms. The van der Waals surface area contributed by atoms with Crippen molar-refractivity contribution in [2.75, 3.05) is 0 Å². The Balaban J connectivity index is 1.03. The Kier molecular flexibility index (Phi) is 9.14. The molecule has 0 N–H and O–H groups in total. The van der Waals surface area contributed by atoms with Gasteiger partial charge in [0.05, 0.1) is 11.4 Å². The van der Waals surface area contributed by atoms with Crippen molar-refractivity contribution in [3.8, 4) is 90.3 Å². The first kappa shape index (κ1) is 34.6. The first-order chi connectivity index (χ1) is 28.7. The fourth-order valence-corrected chi connectivity index (χ4v) is 7.43. The van der Waals surface area contributed by atoms with Gasteiger partial charge in [-0.2, -0.15) is 0 Å². The van der Waals surface area contributed by atoms with Crippen molar-refractivity contribution >= 4 is 10.8 Å². The molecule has 0 aliphatic rings. The Labute approximate surface area is 337 Å². The maximum Gasteiger partial charge on any atom is 0.164 e. The van der Waals surface area contributed by atoms with E-state index in [2.05, 4.69) is 115 Å². The molecule has 0 atom stereocenters. The molecule has 58 heavy (non-hydrogen) atoms. The zero-order chi connectivity index (χ0) is 38.7. The van der Waals surface area contributed by atoms with Gasteiger partial charge in [0.2, 0.25) is 0 Å². The summed E-state index contributed by atoms with van der Waals surface area (Å²) in [6.07, 6.45) is 0. The summed E-state index contributed by atoms with van der Waals surface area (Å²) < 4.78 is 0. The van der Waals surface area contributed by atoms with E-state index in [0.717, 1.165) is 77.8 Å². The molecule has 0 saturated carbocycles. The highest BCUT2D eigenvalue weighted by Gasteiger charge is 2.18. The molecule has 0 bridgehead atoms. The van der Waals surface area contributed by atoms with Crippen LogP contribution in [0.5, 0.6) is 0 Å². The molecule has 10 rings (SSSR count). The van der Waals surface area contributed by atoms with Crippen molar-refractivity contribution in [2.45, 2.75) is 0 Å². The average molecular weight is 742 g/mol. The molecule has 0 unspecified atom stereocenters. The number of rotatable bonds is 8. The quantitative estimate of drug-likeness (QED) is 0.155. The molecule has 0 radical (unpaired) electrons. The van der Waals surface area contributed by atoms with Crippen LogP contribution in [0.15, 0.2) is 212 Å². The van der Waals surface area contributed by atoms with E-state index in [-0.39, 0.29) is 0 Å². The van der Waals surface area contributed by atoms with E-state index in [0.29, 0.717) is 23.3 Å². The fourth-order valence-electron chi connectivity index (χ4n) is 7.43. The van der Waals surface area contributed by atoms with E-state index in [9.17, 15) is 0 Å². The molecule has 0 aliphatic heterocycles. The van der Waals surface area contributed by atoms with Crippen LogP contribution < -0.4 is 0 Å². The van der Waals surface area contributed by atoms with Gasteiger partial charge in [0.25, 0.3) is 0 Å². The second-order valence-electron chi connectivity index (χ2n) is 14.1. The van der Waals surface area contributed by atoms with Gasteiger partial charge in [0, 0.05) is 38.9 Å². The van der Waals surface area contributed by atoms with Gasteiger partial charge in [-0.3, -0.25) is 0 Å². The van der Waals surface area contributed by atoms with Crippen LogP contribution in [0.3, 0.4) is 0 Å². The minimum atomic E-state index is 0.627. The molecule has 0 amide bonds. The topological polar surface area (TPSA) is 64.5 Å². The summed E-state index contributed by atoms with van der Waals surface area (Å²) in [7, 11) is 0. The maximum absolute atomic E-state index is 5.10. The summed E-state index contributed by atoms with van der Waals surface area (Å²) >= 11 is 0. The monoisotopic (exact) mass is 741 g/mol. The van der Waals surface area contributed by atoms with Crippen LogP contribution in [0.4, 0.5) is 0 Å². The van der Waals surface area contributed by atoms with Gasteiger partial charge >= 0.3 is 0 Å². The summed E-state index contributed by atoms with van der Waals surface area (Å²) in [4.78, 5) is 25.2. The van der Waals surface area contributed by atoms with E-state index >= 15 is 0 Å². The molecule has 0 saturated heterocycles. The molecule has 272 valence electrons. The first-order valence-corrected chi connectivity index (χ1v) is 19.3. The highest BCUT2D eigenvalue weighted by atomic mass is 15.0. The number of aromatic nitrogens is 5. The molecule has 2 aromatic heterocycles. The molecular formula is C53H35N5. The molecule has 0 aliphatic carbocycles. The van der Waals surface area contributed by atoms with Crippen molar-refractivity contribution in [3.63, 3.8) is 0 Å². The van der Waals surface area contributed by atoms with Crippen LogP contribution in [-0.2, 0) is 0 Å². The Morgan fingerprint density at radius 2 is 0.621 bits per heavy atom. The van der Waals surface area contributed by atoms with Gasteiger partial charge in [0.1, 0.15) is 0 Å². The predicted octanol–water partition coefficient (Wildman–Crippen LogP) is 13.2. The summed E-state index contributed by atoms with van der Waals surface area (Å²) in [5.74, 6) is 2.59. The SMILES string of the molecule is c1ccc(-c2cc(-c3ccccc3)nc(-c3ccc(-c4ccc(-c5c(-c6nc(-c7ccccc7)nc(-c7ccccc7)n6)ccc6ccccc56)cc4)cc3)n2)cc1. The minimum Gasteiger partial charge on any atom is -0.228 e. The lowest BCUT2D eigenvalue weighted by atomic mass is 9.91. The zero-order valence-electron chi connectivity index (χ0n) is 31.4. The average Bonchev–Trinajstić information content (AvgIpc) is 3.32. The van der Waals surface area contributed by atoms with Crippen molar-refractivity contribution < 1.29 is 0 Å². The van der Waals surface area contributed by atoms with Crippen molar-refractivity contribution in [3.05, 3.63) is 212 Å². The van der Waals surface area contributed by atoms with Crippen LogP contribution in [0, 0.1) is 0 Å². The molecule has 8 aromatic carbocycles. The highest BCUT2D eigenvalue weighted by molar-refractivity contribution is 6.03. The lowest BCUT2D eigenvalue weighted by Gasteiger charge is -2.15. The van der Waals surface area contributed by atoms with Crippen molar-refractivity contribution in [2.24, 2.45) is 0 Å². The molecule has 0 spiro atoms. The fraction of sp³-hybridized carbons (Fsp3) is 0. The number of hydrogen-bond acceptors (Lipinski definition) is 5. The molecule has 0 fully saturated rings. The van der Waals surface area contributed by atoms with E-state index in [1.807, 2.05) is 97.1 Å². The lowest BCUT2D eigenvalue weighted by molar-refractivity contribution is 1.07. The Morgan fingerprint density at radius 3 is 1.14 bits per heavy atom. The van der Waals surface area contributed by atoms with Gasteiger partial charge in [-0.25, -0.2) is 24.9 Å². The van der Waals surface area contributed by atoms with Gasteiger partial charge in [-0.15, -0.1) is 0 Å². The summed E-state index contributed by atoms with van der Waals surface area (Å²) in [5.41, 5.74) is 12.0. The van der Waals surface area contributed by atoms with E-state index in [4.69, 9.17) is 24.9 Å². The van der Waals surface area contributed by atoms with Gasteiger partial charge in [-0.1, -0.05) is 200 Å². The second kappa shape index (κ2) is 15.3. The van der Waals surface area contributed by atoms with Crippen LogP contribution in [0.25, 0.3) is 101 Å². The third kappa shape index (κ3) is 6.93. The zero-order valence-corrected chi connectivity index (χ0v) is 31.4.